The molecule has 2 aliphatic rings. The van der Waals surface area contributed by atoms with Crippen molar-refractivity contribution in [2.24, 2.45) is 11.8 Å². The third-order valence-corrected chi connectivity index (χ3v) is 4.70. The predicted molar refractivity (Wildman–Crippen MR) is 83.8 cm³/mol. The van der Waals surface area contributed by atoms with Crippen molar-refractivity contribution in [3.63, 3.8) is 0 Å². The zero-order valence-electron chi connectivity index (χ0n) is 13.2. The summed E-state index contributed by atoms with van der Waals surface area (Å²) in [5.41, 5.74) is 0.180. The standard InChI is InChI=1S/C17H19FN2O4/c18-13-5-1-2-6-14(13)20-10-12(8-15(20)21)16(22)19-7-3-4-11(9-19)17(23)24/h1-2,5-6,11-12H,3-4,7-10H2,(H,23,24)/t11-,12+/m0/s1. The Morgan fingerprint density at radius 1 is 1.17 bits per heavy atom. The van der Waals surface area contributed by atoms with Gasteiger partial charge in [-0.15, -0.1) is 0 Å². The third kappa shape index (κ3) is 3.11. The van der Waals surface area contributed by atoms with E-state index in [2.05, 4.69) is 0 Å². The highest BCUT2D eigenvalue weighted by atomic mass is 19.1. The first-order chi connectivity index (χ1) is 11.5. The van der Waals surface area contributed by atoms with E-state index < -0.39 is 23.6 Å². The van der Waals surface area contributed by atoms with Crippen LogP contribution in [0.2, 0.25) is 0 Å². The maximum Gasteiger partial charge on any atom is 0.308 e. The molecular weight excluding hydrogens is 315 g/mol. The number of halogens is 1. The summed E-state index contributed by atoms with van der Waals surface area (Å²) < 4.78 is 13.9. The van der Waals surface area contributed by atoms with Gasteiger partial charge in [-0.3, -0.25) is 14.4 Å². The van der Waals surface area contributed by atoms with Crippen molar-refractivity contribution in [2.45, 2.75) is 19.3 Å². The molecule has 1 aromatic carbocycles. The molecule has 2 heterocycles. The van der Waals surface area contributed by atoms with Crippen molar-refractivity contribution in [3.05, 3.63) is 30.1 Å². The summed E-state index contributed by atoms with van der Waals surface area (Å²) >= 11 is 0. The summed E-state index contributed by atoms with van der Waals surface area (Å²) in [7, 11) is 0. The van der Waals surface area contributed by atoms with Crippen LogP contribution >= 0.6 is 0 Å². The number of carboxylic acid groups (broad SMARTS) is 1. The van der Waals surface area contributed by atoms with Gasteiger partial charge in [-0.2, -0.15) is 0 Å². The molecule has 24 heavy (non-hydrogen) atoms. The summed E-state index contributed by atoms with van der Waals surface area (Å²) in [6.45, 7) is 0.818. The maximum atomic E-state index is 13.9. The van der Waals surface area contributed by atoms with Crippen LogP contribution in [-0.2, 0) is 14.4 Å². The van der Waals surface area contributed by atoms with Crippen LogP contribution in [0.5, 0.6) is 0 Å². The second-order valence-electron chi connectivity index (χ2n) is 6.32. The number of amides is 2. The van der Waals surface area contributed by atoms with Gasteiger partial charge >= 0.3 is 5.97 Å². The number of hydrogen-bond acceptors (Lipinski definition) is 3. The van der Waals surface area contributed by atoms with E-state index in [1.54, 1.807) is 12.1 Å². The van der Waals surface area contributed by atoms with Crippen LogP contribution in [0.3, 0.4) is 0 Å². The molecule has 128 valence electrons. The molecule has 0 bridgehead atoms. The molecule has 1 aromatic rings. The zero-order valence-corrected chi connectivity index (χ0v) is 13.2. The molecule has 2 saturated heterocycles. The van der Waals surface area contributed by atoms with E-state index in [-0.39, 0.29) is 37.0 Å². The van der Waals surface area contributed by atoms with Gasteiger partial charge in [0.2, 0.25) is 11.8 Å². The number of nitrogens with zero attached hydrogens (tertiary/aromatic N) is 2. The molecule has 1 N–H and O–H groups in total. The number of likely N-dealkylation sites (tertiary alicyclic amines) is 1. The molecule has 2 amide bonds. The Morgan fingerprint density at radius 2 is 1.92 bits per heavy atom. The minimum Gasteiger partial charge on any atom is -0.481 e. The number of rotatable bonds is 3. The normalized spacial score (nSPS) is 24.3. The first-order valence-electron chi connectivity index (χ1n) is 8.04. The summed E-state index contributed by atoms with van der Waals surface area (Å²) in [6, 6.07) is 5.98. The molecule has 0 saturated carbocycles. The second kappa shape index (κ2) is 6.59. The Balaban J connectivity index is 1.70. The molecule has 6 nitrogen and oxygen atoms in total. The quantitative estimate of drug-likeness (QED) is 0.909. The van der Waals surface area contributed by atoms with Gasteiger partial charge < -0.3 is 14.9 Å². The van der Waals surface area contributed by atoms with Crippen LogP contribution in [0.25, 0.3) is 0 Å². The third-order valence-electron chi connectivity index (χ3n) is 4.70. The van der Waals surface area contributed by atoms with Crippen LogP contribution < -0.4 is 4.90 Å². The lowest BCUT2D eigenvalue weighted by molar-refractivity contribution is -0.146. The van der Waals surface area contributed by atoms with Gasteiger partial charge in [0.25, 0.3) is 0 Å². The van der Waals surface area contributed by atoms with E-state index in [0.29, 0.717) is 19.4 Å². The predicted octanol–water partition coefficient (Wildman–Crippen LogP) is 1.50. The van der Waals surface area contributed by atoms with Crippen molar-refractivity contribution in [1.82, 2.24) is 4.90 Å². The van der Waals surface area contributed by atoms with E-state index in [0.717, 1.165) is 0 Å². The van der Waals surface area contributed by atoms with Crippen LogP contribution in [0.4, 0.5) is 10.1 Å². The number of anilines is 1. The molecule has 0 aromatic heterocycles. The first kappa shape index (κ1) is 16.4. The van der Waals surface area contributed by atoms with Gasteiger partial charge in [-0.1, -0.05) is 12.1 Å². The van der Waals surface area contributed by atoms with Crippen molar-refractivity contribution in [3.8, 4) is 0 Å². The number of carbonyl (C=O) groups is 3. The van der Waals surface area contributed by atoms with Gasteiger partial charge in [0.1, 0.15) is 5.82 Å². The first-order valence-corrected chi connectivity index (χ1v) is 8.04. The SMILES string of the molecule is O=C(O)[C@H]1CCCN(C(=O)[C@@H]2CC(=O)N(c3ccccc3F)C2)C1. The van der Waals surface area contributed by atoms with Gasteiger partial charge in [0.15, 0.2) is 0 Å². The average Bonchev–Trinajstić information content (AvgIpc) is 2.96. The number of piperidine rings is 1. The Hall–Kier alpha value is -2.44. The van der Waals surface area contributed by atoms with Crippen molar-refractivity contribution >= 4 is 23.5 Å². The van der Waals surface area contributed by atoms with Gasteiger partial charge in [-0.05, 0) is 25.0 Å². The lowest BCUT2D eigenvalue weighted by atomic mass is 9.96. The largest absolute Gasteiger partial charge is 0.481 e. The van der Waals surface area contributed by atoms with Gasteiger partial charge in [0.05, 0.1) is 17.5 Å². The van der Waals surface area contributed by atoms with Crippen molar-refractivity contribution in [1.29, 1.82) is 0 Å². The maximum absolute atomic E-state index is 13.9. The fourth-order valence-electron chi connectivity index (χ4n) is 3.41. The number of aliphatic carboxylic acids is 1. The molecule has 0 aliphatic carbocycles. The van der Waals surface area contributed by atoms with E-state index in [9.17, 15) is 18.8 Å². The molecule has 3 rings (SSSR count). The molecule has 7 heteroatoms. The summed E-state index contributed by atoms with van der Waals surface area (Å²) in [5.74, 6) is -3.00. The highest BCUT2D eigenvalue weighted by Gasteiger charge is 2.39. The number of hydrogen-bond donors (Lipinski definition) is 1. The zero-order chi connectivity index (χ0) is 17.3. The van der Waals surface area contributed by atoms with Crippen molar-refractivity contribution < 1.29 is 23.9 Å². The number of carboxylic acids is 1. The average molecular weight is 334 g/mol. The fraction of sp³-hybridized carbons (Fsp3) is 0.471. The van der Waals surface area contributed by atoms with Gasteiger partial charge in [-0.25, -0.2) is 4.39 Å². The monoisotopic (exact) mass is 334 g/mol. The smallest absolute Gasteiger partial charge is 0.308 e. The Kier molecular flexibility index (Phi) is 4.51. The summed E-state index contributed by atoms with van der Waals surface area (Å²) in [5, 5.41) is 9.12. The highest BCUT2D eigenvalue weighted by Crippen LogP contribution is 2.29. The number of benzene rings is 1. The molecule has 2 atom stereocenters. The molecule has 0 unspecified atom stereocenters. The van der Waals surface area contributed by atoms with Crippen LogP contribution in [0.1, 0.15) is 19.3 Å². The van der Waals surface area contributed by atoms with E-state index in [1.165, 1.54) is 21.9 Å². The van der Waals surface area contributed by atoms with Crippen LogP contribution in [0.15, 0.2) is 24.3 Å². The minimum atomic E-state index is -0.900. The highest BCUT2D eigenvalue weighted by molar-refractivity contribution is 6.00. The minimum absolute atomic E-state index is 0.0292. The summed E-state index contributed by atoms with van der Waals surface area (Å²) in [6.07, 6.45) is 1.23. The van der Waals surface area contributed by atoms with Crippen molar-refractivity contribution in [2.75, 3.05) is 24.5 Å². The van der Waals surface area contributed by atoms with Crippen LogP contribution in [0, 0.1) is 17.7 Å². The molecule has 2 aliphatic heterocycles. The molecule has 0 radical (unpaired) electrons. The Morgan fingerprint density at radius 3 is 2.62 bits per heavy atom. The second-order valence-corrected chi connectivity index (χ2v) is 6.32. The van der Waals surface area contributed by atoms with Crippen LogP contribution in [-0.4, -0.2) is 47.4 Å². The molecule has 0 spiro atoms. The van der Waals surface area contributed by atoms with E-state index in [4.69, 9.17) is 5.11 Å². The Labute approximate surface area is 138 Å². The summed E-state index contributed by atoms with van der Waals surface area (Å²) in [4.78, 5) is 38.8. The number of carbonyl (C=O) groups excluding carboxylic acids is 2. The lowest BCUT2D eigenvalue weighted by Gasteiger charge is -2.32. The van der Waals surface area contributed by atoms with E-state index >= 15 is 0 Å². The topological polar surface area (TPSA) is 77.9 Å². The lowest BCUT2D eigenvalue weighted by Crippen LogP contribution is -2.45. The van der Waals surface area contributed by atoms with E-state index in [1.807, 2.05) is 0 Å². The van der Waals surface area contributed by atoms with Gasteiger partial charge in [0, 0.05) is 26.1 Å². The molecular formula is C17H19FN2O4. The Bertz CT molecular complexity index is 678. The number of para-hydroxylation sites is 1. The fourth-order valence-corrected chi connectivity index (χ4v) is 3.41. The molecule has 2 fully saturated rings.